The molecule has 4 nitrogen and oxygen atoms in total. The van der Waals surface area contributed by atoms with Crippen molar-refractivity contribution in [2.45, 2.75) is 39.8 Å². The molecule has 1 heterocycles. The molecule has 0 radical (unpaired) electrons. The summed E-state index contributed by atoms with van der Waals surface area (Å²) in [5.41, 5.74) is 3.36. The van der Waals surface area contributed by atoms with E-state index in [1.54, 1.807) is 7.11 Å². The van der Waals surface area contributed by atoms with E-state index in [1.807, 2.05) is 25.7 Å². The first-order chi connectivity index (χ1) is 8.93. The summed E-state index contributed by atoms with van der Waals surface area (Å²) in [7, 11) is 1.68. The number of urea groups is 1. The van der Waals surface area contributed by atoms with Crippen molar-refractivity contribution < 1.29 is 9.53 Å². The van der Waals surface area contributed by atoms with Crippen molar-refractivity contribution in [2.75, 3.05) is 13.7 Å². The summed E-state index contributed by atoms with van der Waals surface area (Å²) in [6.07, 6.45) is 0. The van der Waals surface area contributed by atoms with Crippen molar-refractivity contribution in [1.29, 1.82) is 0 Å². The van der Waals surface area contributed by atoms with Crippen molar-refractivity contribution in [3.63, 3.8) is 0 Å². The lowest BCUT2D eigenvalue weighted by Gasteiger charge is -2.20. The number of benzene rings is 1. The van der Waals surface area contributed by atoms with Crippen LogP contribution in [0.5, 0.6) is 5.75 Å². The molecule has 1 aromatic rings. The van der Waals surface area contributed by atoms with Gasteiger partial charge in [0.05, 0.1) is 13.2 Å². The van der Waals surface area contributed by atoms with E-state index < -0.39 is 0 Å². The molecule has 1 aromatic carbocycles. The third kappa shape index (κ3) is 2.53. The zero-order valence-electron chi connectivity index (χ0n) is 12.3. The molecule has 1 aliphatic rings. The van der Waals surface area contributed by atoms with Gasteiger partial charge in [0.25, 0.3) is 0 Å². The Kier molecular flexibility index (Phi) is 3.69. The Morgan fingerprint density at radius 3 is 2.58 bits per heavy atom. The Morgan fingerprint density at radius 1 is 1.37 bits per heavy atom. The fourth-order valence-corrected chi connectivity index (χ4v) is 2.70. The second kappa shape index (κ2) is 5.11. The van der Waals surface area contributed by atoms with E-state index in [-0.39, 0.29) is 18.1 Å². The third-order valence-corrected chi connectivity index (χ3v) is 3.59. The molecule has 0 aliphatic carbocycles. The topological polar surface area (TPSA) is 41.6 Å². The van der Waals surface area contributed by atoms with Crippen molar-refractivity contribution in [2.24, 2.45) is 0 Å². The number of rotatable bonds is 3. The van der Waals surface area contributed by atoms with Crippen molar-refractivity contribution in [1.82, 2.24) is 10.2 Å². The summed E-state index contributed by atoms with van der Waals surface area (Å²) in [5, 5.41) is 3.04. The highest BCUT2D eigenvalue weighted by Gasteiger charge is 2.33. The SMILES string of the molecule is COc1c(C)cc(C)cc1C1CN(C(C)C)C(=O)N1. The number of nitrogens with zero attached hydrogens (tertiary/aromatic N) is 1. The monoisotopic (exact) mass is 262 g/mol. The summed E-state index contributed by atoms with van der Waals surface area (Å²) in [6.45, 7) is 8.84. The molecule has 0 bridgehead atoms. The van der Waals surface area contributed by atoms with Crippen molar-refractivity contribution in [3.05, 3.63) is 28.8 Å². The van der Waals surface area contributed by atoms with Crippen LogP contribution in [0.3, 0.4) is 0 Å². The Labute approximate surface area is 114 Å². The maximum atomic E-state index is 11.9. The zero-order chi connectivity index (χ0) is 14.2. The normalized spacial score (nSPS) is 18.9. The number of hydrogen-bond donors (Lipinski definition) is 1. The molecule has 104 valence electrons. The Bertz CT molecular complexity index is 497. The molecule has 19 heavy (non-hydrogen) atoms. The third-order valence-electron chi connectivity index (χ3n) is 3.59. The molecular formula is C15H22N2O2. The number of methoxy groups -OCH3 is 1. The molecule has 1 N–H and O–H groups in total. The number of hydrogen-bond acceptors (Lipinski definition) is 2. The fourth-order valence-electron chi connectivity index (χ4n) is 2.70. The van der Waals surface area contributed by atoms with E-state index in [9.17, 15) is 4.79 Å². The van der Waals surface area contributed by atoms with E-state index in [0.717, 1.165) is 16.9 Å². The Balaban J connectivity index is 2.36. The molecule has 2 rings (SSSR count). The largest absolute Gasteiger partial charge is 0.496 e. The quantitative estimate of drug-likeness (QED) is 0.910. The predicted octanol–water partition coefficient (Wildman–Crippen LogP) is 2.79. The average Bonchev–Trinajstić information content (AvgIpc) is 2.70. The van der Waals surface area contributed by atoms with Crippen LogP contribution in [-0.4, -0.2) is 30.6 Å². The summed E-state index contributed by atoms with van der Waals surface area (Å²) in [4.78, 5) is 13.8. The lowest BCUT2D eigenvalue weighted by Crippen LogP contribution is -2.33. The summed E-state index contributed by atoms with van der Waals surface area (Å²) < 4.78 is 5.50. The molecule has 1 aliphatic heterocycles. The van der Waals surface area contributed by atoms with E-state index in [0.29, 0.717) is 6.54 Å². The molecule has 0 aromatic heterocycles. The van der Waals surface area contributed by atoms with Gasteiger partial charge in [0.15, 0.2) is 0 Å². The van der Waals surface area contributed by atoms with Gasteiger partial charge in [-0.3, -0.25) is 0 Å². The van der Waals surface area contributed by atoms with Gasteiger partial charge in [-0.25, -0.2) is 4.79 Å². The van der Waals surface area contributed by atoms with Gasteiger partial charge in [-0.05, 0) is 33.3 Å². The van der Waals surface area contributed by atoms with Gasteiger partial charge < -0.3 is 15.0 Å². The first-order valence-electron chi connectivity index (χ1n) is 6.66. The average molecular weight is 262 g/mol. The van der Waals surface area contributed by atoms with Gasteiger partial charge in [0.2, 0.25) is 0 Å². The first-order valence-corrected chi connectivity index (χ1v) is 6.66. The number of ether oxygens (including phenoxy) is 1. The van der Waals surface area contributed by atoms with Crippen LogP contribution in [0.4, 0.5) is 4.79 Å². The highest BCUT2D eigenvalue weighted by atomic mass is 16.5. The van der Waals surface area contributed by atoms with Gasteiger partial charge in [0.1, 0.15) is 5.75 Å². The van der Waals surface area contributed by atoms with Crippen LogP contribution in [-0.2, 0) is 0 Å². The number of carbonyl (C=O) groups excluding carboxylic acids is 1. The van der Waals surface area contributed by atoms with Gasteiger partial charge in [-0.2, -0.15) is 0 Å². The lowest BCUT2D eigenvalue weighted by atomic mass is 10.00. The molecule has 1 saturated heterocycles. The Hall–Kier alpha value is -1.71. The van der Waals surface area contributed by atoms with Gasteiger partial charge in [-0.15, -0.1) is 0 Å². The van der Waals surface area contributed by atoms with Crippen LogP contribution < -0.4 is 10.1 Å². The van der Waals surface area contributed by atoms with Crippen molar-refractivity contribution >= 4 is 6.03 Å². The van der Waals surface area contributed by atoms with Gasteiger partial charge in [-0.1, -0.05) is 17.7 Å². The predicted molar refractivity (Wildman–Crippen MR) is 75.6 cm³/mol. The molecule has 0 saturated carbocycles. The van der Waals surface area contributed by atoms with Crippen LogP contribution in [0.2, 0.25) is 0 Å². The molecule has 1 unspecified atom stereocenters. The minimum Gasteiger partial charge on any atom is -0.496 e. The maximum absolute atomic E-state index is 11.9. The molecule has 0 spiro atoms. The van der Waals surface area contributed by atoms with E-state index >= 15 is 0 Å². The molecule has 1 atom stereocenters. The lowest BCUT2D eigenvalue weighted by molar-refractivity contribution is 0.206. The van der Waals surface area contributed by atoms with Crippen LogP contribution in [0.1, 0.15) is 36.6 Å². The highest BCUT2D eigenvalue weighted by Crippen LogP contribution is 2.33. The molecule has 4 heteroatoms. The molecule has 1 fully saturated rings. The van der Waals surface area contributed by atoms with Gasteiger partial charge in [0, 0.05) is 18.2 Å². The Morgan fingerprint density at radius 2 is 2.05 bits per heavy atom. The molecule has 2 amide bonds. The van der Waals surface area contributed by atoms with E-state index in [2.05, 4.69) is 24.4 Å². The second-order valence-corrected chi connectivity index (χ2v) is 5.45. The minimum atomic E-state index is 0.00112. The van der Waals surface area contributed by atoms with E-state index in [4.69, 9.17) is 4.74 Å². The van der Waals surface area contributed by atoms with E-state index in [1.165, 1.54) is 5.56 Å². The highest BCUT2D eigenvalue weighted by molar-refractivity contribution is 5.78. The van der Waals surface area contributed by atoms with Crippen LogP contribution in [0, 0.1) is 13.8 Å². The van der Waals surface area contributed by atoms with Crippen LogP contribution in [0.15, 0.2) is 12.1 Å². The fraction of sp³-hybridized carbons (Fsp3) is 0.533. The number of aryl methyl sites for hydroxylation is 2. The number of nitrogens with one attached hydrogen (secondary N) is 1. The summed E-state index contributed by atoms with van der Waals surface area (Å²) in [5.74, 6) is 0.876. The smallest absolute Gasteiger partial charge is 0.318 e. The summed E-state index contributed by atoms with van der Waals surface area (Å²) in [6, 6.07) is 4.41. The number of amides is 2. The second-order valence-electron chi connectivity index (χ2n) is 5.45. The number of carbonyl (C=O) groups is 1. The molecular weight excluding hydrogens is 240 g/mol. The van der Waals surface area contributed by atoms with Crippen LogP contribution in [0.25, 0.3) is 0 Å². The van der Waals surface area contributed by atoms with Crippen molar-refractivity contribution in [3.8, 4) is 5.75 Å². The minimum absolute atomic E-state index is 0.00112. The summed E-state index contributed by atoms with van der Waals surface area (Å²) >= 11 is 0. The van der Waals surface area contributed by atoms with Gasteiger partial charge >= 0.3 is 6.03 Å². The zero-order valence-corrected chi connectivity index (χ0v) is 12.3. The maximum Gasteiger partial charge on any atom is 0.318 e. The van der Waals surface area contributed by atoms with Crippen LogP contribution >= 0.6 is 0 Å². The standard InChI is InChI=1S/C15H22N2O2/c1-9(2)17-8-13(16-15(17)18)12-7-10(3)6-11(4)14(12)19-5/h6-7,9,13H,8H2,1-5H3,(H,16,18). The first kappa shape index (κ1) is 13.7.